The monoisotopic (exact) mass is 229 g/mol. The van der Waals surface area contributed by atoms with Crippen molar-refractivity contribution in [2.24, 2.45) is 5.92 Å². The quantitative estimate of drug-likeness (QED) is 0.771. The van der Waals surface area contributed by atoms with Crippen LogP contribution in [0.25, 0.3) is 0 Å². The molecule has 2 heteroatoms. The molecule has 1 N–H and O–H groups in total. The summed E-state index contributed by atoms with van der Waals surface area (Å²) in [6.45, 7) is 4.09. The van der Waals surface area contributed by atoms with Crippen LogP contribution in [0.4, 0.5) is 5.69 Å². The van der Waals surface area contributed by atoms with Crippen LogP contribution in [0.15, 0.2) is 30.4 Å². The molecule has 0 aliphatic heterocycles. The second kappa shape index (κ2) is 5.17. The van der Waals surface area contributed by atoms with Gasteiger partial charge in [-0.1, -0.05) is 29.8 Å². The Hall–Kier alpha value is -1.57. The van der Waals surface area contributed by atoms with Crippen molar-refractivity contribution >= 4 is 11.6 Å². The number of carbonyl (C=O) groups is 1. The van der Waals surface area contributed by atoms with Gasteiger partial charge in [0.1, 0.15) is 0 Å². The van der Waals surface area contributed by atoms with Crippen molar-refractivity contribution in [3.8, 4) is 0 Å². The lowest BCUT2D eigenvalue weighted by atomic mass is 9.93. The number of nitrogens with one attached hydrogen (secondary N) is 1. The zero-order valence-corrected chi connectivity index (χ0v) is 10.5. The number of benzene rings is 1. The Morgan fingerprint density at radius 2 is 2.12 bits per heavy atom. The van der Waals surface area contributed by atoms with Crippen molar-refractivity contribution in [1.29, 1.82) is 0 Å². The summed E-state index contributed by atoms with van der Waals surface area (Å²) >= 11 is 0. The molecule has 0 saturated carbocycles. The van der Waals surface area contributed by atoms with Gasteiger partial charge in [0, 0.05) is 11.6 Å². The molecular formula is C15H19NO. The maximum absolute atomic E-state index is 12.1. The summed E-state index contributed by atoms with van der Waals surface area (Å²) in [7, 11) is 0. The summed E-state index contributed by atoms with van der Waals surface area (Å²) in [5.74, 6) is 0.294. The maximum Gasteiger partial charge on any atom is 0.227 e. The summed E-state index contributed by atoms with van der Waals surface area (Å²) < 4.78 is 0. The van der Waals surface area contributed by atoms with E-state index in [0.29, 0.717) is 0 Å². The third kappa shape index (κ3) is 2.96. The molecule has 1 atom stereocenters. The van der Waals surface area contributed by atoms with Crippen LogP contribution < -0.4 is 5.32 Å². The Morgan fingerprint density at radius 1 is 1.29 bits per heavy atom. The number of amides is 1. The molecule has 17 heavy (non-hydrogen) atoms. The number of allylic oxidation sites excluding steroid dienone is 2. The highest BCUT2D eigenvalue weighted by molar-refractivity contribution is 5.93. The zero-order valence-electron chi connectivity index (χ0n) is 10.5. The van der Waals surface area contributed by atoms with Crippen LogP contribution in [-0.4, -0.2) is 5.91 Å². The average Bonchev–Trinajstić information content (AvgIpc) is 2.34. The molecule has 0 saturated heterocycles. The highest BCUT2D eigenvalue weighted by atomic mass is 16.1. The van der Waals surface area contributed by atoms with E-state index in [1.165, 1.54) is 5.56 Å². The van der Waals surface area contributed by atoms with Gasteiger partial charge < -0.3 is 5.32 Å². The van der Waals surface area contributed by atoms with Gasteiger partial charge in [-0.3, -0.25) is 4.79 Å². The first-order valence-corrected chi connectivity index (χ1v) is 6.20. The Bertz CT molecular complexity index is 448. The first-order valence-electron chi connectivity index (χ1n) is 6.20. The molecule has 1 aliphatic carbocycles. The number of hydrogen-bond acceptors (Lipinski definition) is 1. The van der Waals surface area contributed by atoms with Crippen molar-refractivity contribution in [3.05, 3.63) is 41.5 Å². The number of aryl methyl sites for hydroxylation is 2. The van der Waals surface area contributed by atoms with Crippen molar-refractivity contribution in [2.75, 3.05) is 5.32 Å². The van der Waals surface area contributed by atoms with Crippen LogP contribution in [0, 0.1) is 19.8 Å². The van der Waals surface area contributed by atoms with Crippen LogP contribution in [0.5, 0.6) is 0 Å². The number of hydrogen-bond donors (Lipinski definition) is 1. The smallest absolute Gasteiger partial charge is 0.227 e. The van der Waals surface area contributed by atoms with Gasteiger partial charge in [-0.2, -0.15) is 0 Å². The molecule has 1 aromatic rings. The molecule has 0 aromatic heterocycles. The van der Waals surface area contributed by atoms with Gasteiger partial charge in [0.25, 0.3) is 0 Å². The number of carbonyl (C=O) groups excluding carboxylic acids is 1. The Morgan fingerprint density at radius 3 is 2.76 bits per heavy atom. The third-order valence-corrected chi connectivity index (χ3v) is 3.28. The third-order valence-electron chi connectivity index (χ3n) is 3.28. The second-order valence-electron chi connectivity index (χ2n) is 4.79. The minimum atomic E-state index is 0.140. The predicted octanol–water partition coefficient (Wildman–Crippen LogP) is 3.60. The first-order chi connectivity index (χ1) is 8.16. The number of rotatable bonds is 2. The first kappa shape index (κ1) is 11.9. The Labute approximate surface area is 103 Å². The SMILES string of the molecule is Cc1ccc(NC(=O)[C@H]2CC=CCC2)c(C)c1. The minimum absolute atomic E-state index is 0.140. The highest BCUT2D eigenvalue weighted by Gasteiger charge is 2.18. The van der Waals surface area contributed by atoms with E-state index in [1.807, 2.05) is 19.1 Å². The lowest BCUT2D eigenvalue weighted by Gasteiger charge is -2.18. The molecule has 0 fully saturated rings. The number of anilines is 1. The molecule has 1 aromatic carbocycles. The van der Waals surface area contributed by atoms with Crippen LogP contribution >= 0.6 is 0 Å². The summed E-state index contributed by atoms with van der Waals surface area (Å²) in [5.41, 5.74) is 3.29. The fraction of sp³-hybridized carbons (Fsp3) is 0.400. The fourth-order valence-corrected chi connectivity index (χ4v) is 2.22. The maximum atomic E-state index is 12.1. The highest BCUT2D eigenvalue weighted by Crippen LogP contribution is 2.22. The average molecular weight is 229 g/mol. The molecule has 1 amide bonds. The lowest BCUT2D eigenvalue weighted by molar-refractivity contribution is -0.120. The van der Waals surface area contributed by atoms with Gasteiger partial charge in [-0.25, -0.2) is 0 Å². The van der Waals surface area contributed by atoms with Crippen molar-refractivity contribution in [1.82, 2.24) is 0 Å². The molecule has 2 rings (SSSR count). The molecule has 0 unspecified atom stereocenters. The van der Waals surface area contributed by atoms with Gasteiger partial charge >= 0.3 is 0 Å². The van der Waals surface area contributed by atoms with Crippen LogP contribution in [-0.2, 0) is 4.79 Å². The molecule has 90 valence electrons. The van der Waals surface area contributed by atoms with Crippen LogP contribution in [0.3, 0.4) is 0 Å². The Kier molecular flexibility index (Phi) is 3.62. The van der Waals surface area contributed by atoms with E-state index in [9.17, 15) is 4.79 Å². The summed E-state index contributed by atoms with van der Waals surface area (Å²) in [6.07, 6.45) is 7.12. The standard InChI is InChI=1S/C15H19NO/c1-11-8-9-14(12(2)10-11)16-15(17)13-6-4-3-5-7-13/h3-4,8-10,13H,5-7H2,1-2H3,(H,16,17)/t13-/m0/s1. The molecule has 1 aliphatic rings. The van der Waals surface area contributed by atoms with Crippen LogP contribution in [0.2, 0.25) is 0 Å². The molecule has 0 spiro atoms. The van der Waals surface area contributed by atoms with E-state index in [2.05, 4.69) is 30.5 Å². The van der Waals surface area contributed by atoms with Gasteiger partial charge in [0.2, 0.25) is 5.91 Å². The van der Waals surface area contributed by atoms with Crippen molar-refractivity contribution in [3.63, 3.8) is 0 Å². The molecule has 0 bridgehead atoms. The van der Waals surface area contributed by atoms with Gasteiger partial charge in [-0.15, -0.1) is 0 Å². The van der Waals surface area contributed by atoms with Gasteiger partial charge in [0.15, 0.2) is 0 Å². The predicted molar refractivity (Wildman–Crippen MR) is 71.0 cm³/mol. The van der Waals surface area contributed by atoms with Crippen molar-refractivity contribution in [2.45, 2.75) is 33.1 Å². The van der Waals surface area contributed by atoms with E-state index in [1.54, 1.807) is 0 Å². The van der Waals surface area contributed by atoms with Crippen LogP contribution in [0.1, 0.15) is 30.4 Å². The van der Waals surface area contributed by atoms with E-state index in [0.717, 1.165) is 30.5 Å². The summed E-state index contributed by atoms with van der Waals surface area (Å²) in [4.78, 5) is 12.1. The van der Waals surface area contributed by atoms with E-state index >= 15 is 0 Å². The lowest BCUT2D eigenvalue weighted by Crippen LogP contribution is -2.23. The van der Waals surface area contributed by atoms with E-state index in [-0.39, 0.29) is 11.8 Å². The molecule has 2 nitrogen and oxygen atoms in total. The normalized spacial score (nSPS) is 19.1. The van der Waals surface area contributed by atoms with Crippen molar-refractivity contribution < 1.29 is 4.79 Å². The molecule has 0 radical (unpaired) electrons. The topological polar surface area (TPSA) is 29.1 Å². The minimum Gasteiger partial charge on any atom is -0.326 e. The molecular weight excluding hydrogens is 210 g/mol. The van der Waals surface area contributed by atoms with Gasteiger partial charge in [-0.05, 0) is 44.7 Å². The van der Waals surface area contributed by atoms with E-state index < -0.39 is 0 Å². The molecule has 0 heterocycles. The fourth-order valence-electron chi connectivity index (χ4n) is 2.22. The zero-order chi connectivity index (χ0) is 12.3. The Balaban J connectivity index is 2.05. The second-order valence-corrected chi connectivity index (χ2v) is 4.79. The van der Waals surface area contributed by atoms with E-state index in [4.69, 9.17) is 0 Å². The van der Waals surface area contributed by atoms with Gasteiger partial charge in [0.05, 0.1) is 0 Å². The summed E-state index contributed by atoms with van der Waals surface area (Å²) in [5, 5.41) is 3.03. The summed E-state index contributed by atoms with van der Waals surface area (Å²) in [6, 6.07) is 6.11. The largest absolute Gasteiger partial charge is 0.326 e.